The first kappa shape index (κ1) is 10.2. The Bertz CT molecular complexity index is 396. The van der Waals surface area contributed by atoms with E-state index in [0.717, 1.165) is 25.1 Å². The zero-order valence-corrected chi connectivity index (χ0v) is 9.16. The first-order valence-electron chi connectivity index (χ1n) is 5.34. The molecule has 0 fully saturated rings. The van der Waals surface area contributed by atoms with Gasteiger partial charge in [0.2, 0.25) is 0 Å². The van der Waals surface area contributed by atoms with E-state index in [1.54, 1.807) is 0 Å². The SMILES string of the molecule is Cc1nc(CC(=O)O)n2c1CC(C)CC2. The number of nitrogens with zero attached hydrogens (tertiary/aromatic N) is 2. The largest absolute Gasteiger partial charge is 0.481 e. The molecule has 1 atom stereocenters. The molecule has 1 aromatic heterocycles. The third-order valence-electron chi connectivity index (χ3n) is 3.05. The Balaban J connectivity index is 2.34. The first-order chi connectivity index (χ1) is 7.08. The maximum Gasteiger partial charge on any atom is 0.311 e. The smallest absolute Gasteiger partial charge is 0.311 e. The van der Waals surface area contributed by atoms with E-state index in [4.69, 9.17) is 5.11 Å². The minimum Gasteiger partial charge on any atom is -0.481 e. The van der Waals surface area contributed by atoms with E-state index in [1.807, 2.05) is 6.92 Å². The molecule has 0 bridgehead atoms. The van der Waals surface area contributed by atoms with E-state index in [9.17, 15) is 4.79 Å². The van der Waals surface area contributed by atoms with Crippen LogP contribution in [0, 0.1) is 12.8 Å². The van der Waals surface area contributed by atoms with Gasteiger partial charge in [0.15, 0.2) is 0 Å². The third kappa shape index (κ3) is 1.89. The normalized spacial score (nSPS) is 20.0. The highest BCUT2D eigenvalue weighted by Crippen LogP contribution is 2.24. The molecule has 0 saturated heterocycles. The van der Waals surface area contributed by atoms with Crippen molar-refractivity contribution in [2.75, 3.05) is 0 Å². The molecular weight excluding hydrogens is 192 g/mol. The second-order valence-corrected chi connectivity index (χ2v) is 4.38. The van der Waals surface area contributed by atoms with Gasteiger partial charge in [-0.25, -0.2) is 4.98 Å². The van der Waals surface area contributed by atoms with Crippen LogP contribution >= 0.6 is 0 Å². The number of aryl methyl sites for hydroxylation is 1. The number of hydrogen-bond acceptors (Lipinski definition) is 2. The van der Waals surface area contributed by atoms with Crippen LogP contribution in [0.1, 0.15) is 30.6 Å². The van der Waals surface area contributed by atoms with Crippen LogP contribution in [0.4, 0.5) is 0 Å². The zero-order valence-electron chi connectivity index (χ0n) is 9.16. The zero-order chi connectivity index (χ0) is 11.0. The summed E-state index contributed by atoms with van der Waals surface area (Å²) in [6, 6.07) is 0. The van der Waals surface area contributed by atoms with E-state index in [0.29, 0.717) is 11.7 Å². The number of aromatic nitrogens is 2. The van der Waals surface area contributed by atoms with Crippen molar-refractivity contribution in [3.63, 3.8) is 0 Å². The second kappa shape index (κ2) is 3.68. The third-order valence-corrected chi connectivity index (χ3v) is 3.05. The van der Waals surface area contributed by atoms with Crippen LogP contribution in [0.3, 0.4) is 0 Å². The van der Waals surface area contributed by atoms with Crippen LogP contribution in [0.25, 0.3) is 0 Å². The molecule has 0 aromatic carbocycles. The topological polar surface area (TPSA) is 55.1 Å². The highest BCUT2D eigenvalue weighted by molar-refractivity contribution is 5.69. The Kier molecular flexibility index (Phi) is 2.50. The summed E-state index contributed by atoms with van der Waals surface area (Å²) in [5.74, 6) is 0.592. The number of carbonyl (C=O) groups is 1. The van der Waals surface area contributed by atoms with Crippen molar-refractivity contribution in [1.82, 2.24) is 9.55 Å². The molecular formula is C11H16N2O2. The van der Waals surface area contributed by atoms with Crippen molar-refractivity contribution in [3.8, 4) is 0 Å². The Hall–Kier alpha value is -1.32. The summed E-state index contributed by atoms with van der Waals surface area (Å²) in [6.07, 6.45) is 2.18. The lowest BCUT2D eigenvalue weighted by Crippen LogP contribution is -2.20. The van der Waals surface area contributed by atoms with Crippen LogP contribution in [0.5, 0.6) is 0 Å². The van der Waals surface area contributed by atoms with Gasteiger partial charge in [0.05, 0.1) is 5.69 Å². The van der Waals surface area contributed by atoms with Crippen molar-refractivity contribution in [2.24, 2.45) is 5.92 Å². The van der Waals surface area contributed by atoms with Gasteiger partial charge >= 0.3 is 5.97 Å². The van der Waals surface area contributed by atoms with Crippen molar-refractivity contribution in [3.05, 3.63) is 17.2 Å². The fraction of sp³-hybridized carbons (Fsp3) is 0.636. The molecule has 2 heterocycles. The van der Waals surface area contributed by atoms with Gasteiger partial charge in [0.25, 0.3) is 0 Å². The van der Waals surface area contributed by atoms with Crippen LogP contribution < -0.4 is 0 Å². The molecule has 0 spiro atoms. The van der Waals surface area contributed by atoms with Crippen LogP contribution in [-0.2, 0) is 24.2 Å². The summed E-state index contributed by atoms with van der Waals surface area (Å²) < 4.78 is 2.09. The first-order valence-corrected chi connectivity index (χ1v) is 5.34. The highest BCUT2D eigenvalue weighted by atomic mass is 16.4. The van der Waals surface area contributed by atoms with Crippen molar-refractivity contribution < 1.29 is 9.90 Å². The second-order valence-electron chi connectivity index (χ2n) is 4.38. The fourth-order valence-electron chi connectivity index (χ4n) is 2.24. The molecule has 4 nitrogen and oxygen atoms in total. The highest BCUT2D eigenvalue weighted by Gasteiger charge is 2.22. The molecule has 4 heteroatoms. The van der Waals surface area contributed by atoms with Crippen LogP contribution in [-0.4, -0.2) is 20.6 Å². The predicted octanol–water partition coefficient (Wildman–Crippen LogP) is 1.40. The molecule has 0 aliphatic carbocycles. The molecule has 0 saturated carbocycles. The Morgan fingerprint density at radius 1 is 1.67 bits per heavy atom. The molecule has 1 aliphatic heterocycles. The standard InChI is InChI=1S/C11H16N2O2/c1-7-3-4-13-9(5-7)8(2)12-10(13)6-11(14)15/h7H,3-6H2,1-2H3,(H,14,15). The van der Waals surface area contributed by atoms with E-state index < -0.39 is 5.97 Å². The summed E-state index contributed by atoms with van der Waals surface area (Å²) in [6.45, 7) is 5.11. The number of rotatable bonds is 2. The monoisotopic (exact) mass is 208 g/mol. The fourth-order valence-corrected chi connectivity index (χ4v) is 2.24. The summed E-state index contributed by atoms with van der Waals surface area (Å²) in [5.41, 5.74) is 2.22. The molecule has 15 heavy (non-hydrogen) atoms. The van der Waals surface area contributed by atoms with Gasteiger partial charge < -0.3 is 9.67 Å². The van der Waals surface area contributed by atoms with Crippen molar-refractivity contribution in [2.45, 2.75) is 39.7 Å². The van der Waals surface area contributed by atoms with Crippen LogP contribution in [0.15, 0.2) is 0 Å². The number of fused-ring (bicyclic) bond motifs is 1. The van der Waals surface area contributed by atoms with E-state index in [1.165, 1.54) is 5.69 Å². The van der Waals surface area contributed by atoms with Gasteiger partial charge in [-0.2, -0.15) is 0 Å². The number of aliphatic carboxylic acids is 1. The summed E-state index contributed by atoms with van der Waals surface area (Å²) in [4.78, 5) is 15.0. The Morgan fingerprint density at radius 3 is 3.07 bits per heavy atom. The number of hydrogen-bond donors (Lipinski definition) is 1. The lowest BCUT2D eigenvalue weighted by Gasteiger charge is -2.22. The maximum atomic E-state index is 10.7. The maximum absolute atomic E-state index is 10.7. The van der Waals surface area contributed by atoms with Crippen molar-refractivity contribution >= 4 is 5.97 Å². The molecule has 0 radical (unpaired) electrons. The van der Waals surface area contributed by atoms with Gasteiger partial charge in [-0.05, 0) is 25.7 Å². The van der Waals surface area contributed by atoms with Crippen LogP contribution in [0.2, 0.25) is 0 Å². The van der Waals surface area contributed by atoms with Gasteiger partial charge in [0.1, 0.15) is 12.2 Å². The Morgan fingerprint density at radius 2 is 2.40 bits per heavy atom. The molecule has 2 rings (SSSR count). The molecule has 1 aromatic rings. The van der Waals surface area contributed by atoms with Crippen molar-refractivity contribution in [1.29, 1.82) is 0 Å². The molecule has 1 N–H and O–H groups in total. The summed E-state index contributed by atoms with van der Waals surface area (Å²) in [5, 5.41) is 8.78. The minimum absolute atomic E-state index is 0.0369. The van der Waals surface area contributed by atoms with Gasteiger partial charge in [-0.15, -0.1) is 0 Å². The Labute approximate surface area is 88.9 Å². The predicted molar refractivity (Wildman–Crippen MR) is 55.8 cm³/mol. The molecule has 1 aliphatic rings. The van der Waals surface area contributed by atoms with E-state index >= 15 is 0 Å². The average Bonchev–Trinajstić information content (AvgIpc) is 2.42. The quantitative estimate of drug-likeness (QED) is 0.799. The number of imidazole rings is 1. The number of carboxylic acids is 1. The lowest BCUT2D eigenvalue weighted by atomic mass is 9.97. The summed E-state index contributed by atoms with van der Waals surface area (Å²) in [7, 11) is 0. The van der Waals surface area contributed by atoms with Gasteiger partial charge in [-0.3, -0.25) is 4.79 Å². The molecule has 1 unspecified atom stereocenters. The van der Waals surface area contributed by atoms with E-state index in [2.05, 4.69) is 16.5 Å². The molecule has 0 amide bonds. The van der Waals surface area contributed by atoms with E-state index in [-0.39, 0.29) is 6.42 Å². The summed E-state index contributed by atoms with van der Waals surface area (Å²) >= 11 is 0. The lowest BCUT2D eigenvalue weighted by molar-refractivity contribution is -0.136. The minimum atomic E-state index is -0.804. The van der Waals surface area contributed by atoms with Gasteiger partial charge in [0, 0.05) is 12.2 Å². The number of carboxylic acid groups (broad SMARTS) is 1. The molecule has 82 valence electrons. The van der Waals surface area contributed by atoms with Gasteiger partial charge in [-0.1, -0.05) is 6.92 Å². The average molecular weight is 208 g/mol.